The maximum absolute atomic E-state index is 10.7. The highest BCUT2D eigenvalue weighted by atomic mass is 32.2. The molecule has 0 saturated carbocycles. The Labute approximate surface area is 264 Å². The van der Waals surface area contributed by atoms with Crippen LogP contribution < -0.4 is 0 Å². The average molecular weight is 697 g/mol. The minimum absolute atomic E-state index is 0.513. The Balaban J connectivity index is 0.00000192. The first-order valence-corrected chi connectivity index (χ1v) is 24.8. The predicted molar refractivity (Wildman–Crippen MR) is 185 cm³/mol. The van der Waals surface area contributed by atoms with Gasteiger partial charge >= 0.3 is 5.51 Å². The maximum atomic E-state index is 10.7. The summed E-state index contributed by atoms with van der Waals surface area (Å²) in [5.41, 5.74) is -5.65. The fourth-order valence-electron chi connectivity index (χ4n) is 7.39. The van der Waals surface area contributed by atoms with E-state index >= 15 is 0 Å². The molecule has 1 atom stereocenters. The SMILES string of the molecule is CC(C)N(C(C)C)P1(N(C(C)C)C(C)C)=C([Si](C)(C)C)[P@@]1(N(C(C)C)C(C)C)=[N+](C(C)C)C(C)C.O=S(=O)([O-])C(F)(F)F. The van der Waals surface area contributed by atoms with Gasteiger partial charge in [0, 0.05) is 36.3 Å². The van der Waals surface area contributed by atoms with Crippen molar-refractivity contribution in [2.45, 2.75) is 184 Å². The molecular weight excluding hydrogens is 631 g/mol. The van der Waals surface area contributed by atoms with E-state index in [4.69, 9.17) is 13.0 Å². The van der Waals surface area contributed by atoms with Gasteiger partial charge in [-0.2, -0.15) is 13.2 Å². The number of hydrogen-bond acceptors (Lipinski definition) is 5. The molecule has 0 aromatic rings. The predicted octanol–water partition coefficient (Wildman–Crippen LogP) is 9.12. The largest absolute Gasteiger partial charge is 0.741 e. The van der Waals surface area contributed by atoms with Crippen molar-refractivity contribution in [3.05, 3.63) is 0 Å². The van der Waals surface area contributed by atoms with E-state index in [1.54, 1.807) is 0 Å². The van der Waals surface area contributed by atoms with Gasteiger partial charge in [-0.25, -0.2) is 17.4 Å². The number of nitrogens with zero attached hydrogens (tertiary/aromatic N) is 4. The van der Waals surface area contributed by atoms with Crippen molar-refractivity contribution in [1.29, 1.82) is 0 Å². The zero-order chi connectivity index (χ0) is 35.0. The average Bonchev–Trinajstić information content (AvgIpc) is 3.26. The van der Waals surface area contributed by atoms with Crippen molar-refractivity contribution in [2.24, 2.45) is 0 Å². The van der Waals surface area contributed by atoms with Crippen LogP contribution in [0.1, 0.15) is 111 Å². The molecule has 0 bridgehead atoms. The molecule has 0 fully saturated rings. The molecule has 0 aromatic carbocycles. The summed E-state index contributed by atoms with van der Waals surface area (Å²) in [5, 5.41) is 0. The van der Waals surface area contributed by atoms with Crippen LogP contribution >= 0.6 is 13.8 Å². The Hall–Kier alpha value is 0.327. The van der Waals surface area contributed by atoms with Crippen LogP contribution in [0.25, 0.3) is 0 Å². The third kappa shape index (κ3) is 8.44. The van der Waals surface area contributed by atoms with Crippen LogP contribution in [-0.4, -0.2) is 97.9 Å². The summed E-state index contributed by atoms with van der Waals surface area (Å²) in [6, 6.07) is 4.10. The molecule has 0 radical (unpaired) electrons. The lowest BCUT2D eigenvalue weighted by molar-refractivity contribution is -0.569. The maximum Gasteiger partial charge on any atom is 0.485 e. The molecule has 7 nitrogen and oxygen atoms in total. The molecule has 0 aromatic heterocycles. The summed E-state index contributed by atoms with van der Waals surface area (Å²) in [5.74, 6) is 0. The minimum atomic E-state index is -6.09. The van der Waals surface area contributed by atoms with Crippen LogP contribution in [0.15, 0.2) is 0 Å². The number of alkyl halides is 3. The zero-order valence-corrected chi connectivity index (χ0v) is 34.2. The van der Waals surface area contributed by atoms with Gasteiger partial charge in [-0.1, -0.05) is 19.6 Å². The van der Waals surface area contributed by atoms with Gasteiger partial charge in [0.1, 0.15) is 19.0 Å². The van der Waals surface area contributed by atoms with Gasteiger partial charge in [-0.3, -0.25) is 9.34 Å². The third-order valence-electron chi connectivity index (χ3n) is 7.39. The second-order valence-corrected chi connectivity index (χ2v) is 30.8. The van der Waals surface area contributed by atoms with E-state index in [1.807, 2.05) is 4.66 Å². The van der Waals surface area contributed by atoms with E-state index < -0.39 is 37.5 Å². The summed E-state index contributed by atoms with van der Waals surface area (Å²) in [7, 11) is -7.75. The Morgan fingerprint density at radius 2 is 0.860 bits per heavy atom. The number of hydrogen-bond donors (Lipinski definition) is 0. The van der Waals surface area contributed by atoms with Gasteiger partial charge in [0.2, 0.25) is 6.89 Å². The molecule has 0 saturated heterocycles. The summed E-state index contributed by atoms with van der Waals surface area (Å²) in [6.45, 7) is 43.9. The Bertz CT molecular complexity index is 1100. The summed E-state index contributed by atoms with van der Waals surface area (Å²) < 4.78 is 73.2. The van der Waals surface area contributed by atoms with Crippen LogP contribution in [0.2, 0.25) is 19.6 Å². The van der Waals surface area contributed by atoms with Crippen LogP contribution in [0, 0.1) is 0 Å². The van der Waals surface area contributed by atoms with Crippen molar-refractivity contribution in [3.63, 3.8) is 0 Å². The molecule has 0 unspecified atom stereocenters. The van der Waals surface area contributed by atoms with Gasteiger partial charge in [0.15, 0.2) is 10.1 Å². The van der Waals surface area contributed by atoms with E-state index in [2.05, 4.69) is 149 Å². The first-order valence-electron chi connectivity index (χ1n) is 15.8. The molecule has 1 aliphatic rings. The lowest BCUT2D eigenvalue weighted by Crippen LogP contribution is -2.45. The van der Waals surface area contributed by atoms with Crippen LogP contribution in [-0.2, 0) is 10.1 Å². The first kappa shape index (κ1) is 43.3. The van der Waals surface area contributed by atoms with E-state index in [1.165, 1.54) is 0 Å². The van der Waals surface area contributed by atoms with Crippen molar-refractivity contribution in [2.75, 3.05) is 0 Å². The van der Waals surface area contributed by atoms with E-state index in [0.29, 0.717) is 48.3 Å². The van der Waals surface area contributed by atoms with Gasteiger partial charge in [0.05, 0.1) is 12.7 Å². The van der Waals surface area contributed by atoms with Crippen molar-refractivity contribution in [1.82, 2.24) is 14.0 Å². The van der Waals surface area contributed by atoms with E-state index in [-0.39, 0.29) is 0 Å². The first-order chi connectivity index (χ1) is 18.9. The monoisotopic (exact) mass is 696 g/mol. The Morgan fingerprint density at radius 3 is 1.00 bits per heavy atom. The lowest BCUT2D eigenvalue weighted by Gasteiger charge is -2.49. The topological polar surface area (TPSA) is 69.9 Å². The van der Waals surface area contributed by atoms with Gasteiger partial charge < -0.3 is 4.55 Å². The quantitative estimate of drug-likeness (QED) is 0.0878. The fourth-order valence-corrected chi connectivity index (χ4v) is 44.4. The molecule has 1 aliphatic heterocycles. The number of rotatable bonds is 12. The Kier molecular flexibility index (Phi) is 15.2. The van der Waals surface area contributed by atoms with Crippen molar-refractivity contribution < 1.29 is 30.5 Å². The van der Waals surface area contributed by atoms with Crippen LogP contribution in [0.5, 0.6) is 0 Å². The van der Waals surface area contributed by atoms with Gasteiger partial charge in [-0.15, -0.1) is 0 Å². The molecule has 43 heavy (non-hydrogen) atoms. The second-order valence-electron chi connectivity index (χ2n) is 14.9. The van der Waals surface area contributed by atoms with Gasteiger partial charge in [-0.05, 0) is 111 Å². The highest BCUT2D eigenvalue weighted by molar-refractivity contribution is 8.64. The lowest BCUT2D eigenvalue weighted by atomic mass is 10.3. The van der Waals surface area contributed by atoms with Crippen molar-refractivity contribution >= 4 is 36.6 Å². The molecular formula is C29H65F3N4O3P2SSi. The number of halogens is 3. The summed E-state index contributed by atoms with van der Waals surface area (Å²) in [6.07, 6.45) is 0. The summed E-state index contributed by atoms with van der Waals surface area (Å²) >= 11 is 0. The van der Waals surface area contributed by atoms with Crippen molar-refractivity contribution in [3.8, 4) is 0 Å². The molecule has 0 aliphatic carbocycles. The molecule has 1 heterocycles. The van der Waals surface area contributed by atoms with E-state index in [0.717, 1.165) is 0 Å². The Morgan fingerprint density at radius 1 is 0.628 bits per heavy atom. The molecule has 1 rings (SSSR count). The standard InChI is InChI=1S/C28H65N4P2Si.CHF3O3S/c1-20(2)29(21(3)4)33(30(22(5)6)23(7)8)28(35(17,18)19)34(33,31(24(9)10)25(11)12)32(26(13)14)27(15)16;2-1(3,4)8(5,6)7/h20-27H,1-19H3;(H,5,6,7)/q+1;/p-1. The smallest absolute Gasteiger partial charge is 0.485 e. The molecule has 14 heteroatoms. The molecule has 260 valence electrons. The fraction of sp³-hybridized carbons (Fsp3) is 0.966. The summed E-state index contributed by atoms with van der Waals surface area (Å²) in [4.78, 5) is 0. The van der Waals surface area contributed by atoms with E-state index in [9.17, 15) is 13.2 Å². The molecule has 0 N–H and O–H groups in total. The normalized spacial score (nSPS) is 19.9. The van der Waals surface area contributed by atoms with Crippen LogP contribution in [0.4, 0.5) is 13.2 Å². The molecule has 0 spiro atoms. The van der Waals surface area contributed by atoms with Crippen LogP contribution in [0.3, 0.4) is 0 Å². The second kappa shape index (κ2) is 15.0. The molecule has 0 amide bonds. The zero-order valence-electron chi connectivity index (χ0n) is 30.6. The van der Waals surface area contributed by atoms with Gasteiger partial charge in [0.25, 0.3) is 0 Å². The highest BCUT2D eigenvalue weighted by Gasteiger charge is 2.77. The highest BCUT2D eigenvalue weighted by Crippen LogP contribution is 3.05. The minimum Gasteiger partial charge on any atom is -0.741 e. The third-order valence-corrected chi connectivity index (χ3v) is 31.2.